The zero-order valence-corrected chi connectivity index (χ0v) is 15.5. The molecule has 1 fully saturated rings. The summed E-state index contributed by atoms with van der Waals surface area (Å²) in [4.78, 5) is 4.10. The Labute approximate surface area is 152 Å². The van der Waals surface area contributed by atoms with E-state index in [9.17, 15) is 5.11 Å². The number of rotatable bonds is 3. The predicted octanol–water partition coefficient (Wildman–Crippen LogP) is 5.21. The summed E-state index contributed by atoms with van der Waals surface area (Å²) in [6, 6.07) is 5.46. The van der Waals surface area contributed by atoms with Gasteiger partial charge in [-0.3, -0.25) is 0 Å². The van der Waals surface area contributed by atoms with Crippen molar-refractivity contribution in [2.24, 2.45) is 5.41 Å². The van der Waals surface area contributed by atoms with Gasteiger partial charge in [0.2, 0.25) is 0 Å². The summed E-state index contributed by atoms with van der Waals surface area (Å²) in [6.45, 7) is 4.73. The van der Waals surface area contributed by atoms with Crippen molar-refractivity contribution in [2.45, 2.75) is 45.3 Å². The lowest BCUT2D eigenvalue weighted by Gasteiger charge is -2.48. The van der Waals surface area contributed by atoms with Gasteiger partial charge < -0.3 is 9.67 Å². The highest BCUT2D eigenvalue weighted by Crippen LogP contribution is 2.48. The maximum atomic E-state index is 11.7. The number of benzene rings is 1. The molecule has 0 saturated heterocycles. The summed E-state index contributed by atoms with van der Waals surface area (Å²) >= 11 is 12.3. The molecule has 3 rings (SSSR count). The number of aliphatic hydroxyl groups is 1. The van der Waals surface area contributed by atoms with Gasteiger partial charge in [-0.15, -0.1) is 0 Å². The van der Waals surface area contributed by atoms with Crippen molar-refractivity contribution in [3.8, 4) is 0 Å². The summed E-state index contributed by atoms with van der Waals surface area (Å²) in [5.74, 6) is 0. The lowest BCUT2D eigenvalue weighted by atomic mass is 9.62. The molecule has 0 amide bonds. The van der Waals surface area contributed by atoms with E-state index in [1.165, 1.54) is 0 Å². The molecule has 1 aliphatic carbocycles. The van der Waals surface area contributed by atoms with Gasteiger partial charge in [-0.2, -0.15) is 0 Å². The van der Waals surface area contributed by atoms with Crippen molar-refractivity contribution in [1.29, 1.82) is 0 Å². The van der Waals surface area contributed by atoms with Crippen molar-refractivity contribution in [3.05, 3.63) is 58.1 Å². The van der Waals surface area contributed by atoms with E-state index in [4.69, 9.17) is 23.2 Å². The quantitative estimate of drug-likeness (QED) is 0.810. The van der Waals surface area contributed by atoms with Gasteiger partial charge in [0, 0.05) is 22.4 Å². The van der Waals surface area contributed by atoms with Gasteiger partial charge in [0.1, 0.15) is 5.60 Å². The molecule has 0 unspecified atom stereocenters. The van der Waals surface area contributed by atoms with Crippen LogP contribution < -0.4 is 0 Å². The van der Waals surface area contributed by atoms with E-state index >= 15 is 0 Å². The smallest absolute Gasteiger partial charge is 0.109 e. The normalized spacial score (nSPS) is 25.1. The fourth-order valence-corrected chi connectivity index (χ4v) is 3.99. The second-order valence-corrected chi connectivity index (χ2v) is 8.01. The first-order chi connectivity index (χ1) is 11.3. The SMILES string of the molecule is CC1(C)CCC/C(=C\c2ccc(Cl)cc2Cl)[C@@]1(O)Cn1ccnc1. The van der Waals surface area contributed by atoms with Crippen LogP contribution in [-0.2, 0) is 6.54 Å². The number of imidazole rings is 1. The van der Waals surface area contributed by atoms with Gasteiger partial charge >= 0.3 is 0 Å². The largest absolute Gasteiger partial charge is 0.383 e. The minimum atomic E-state index is -0.949. The molecule has 0 spiro atoms. The first-order valence-electron chi connectivity index (χ1n) is 8.16. The third kappa shape index (κ3) is 3.26. The monoisotopic (exact) mass is 364 g/mol. The van der Waals surface area contributed by atoms with Crippen LogP contribution in [0.1, 0.15) is 38.7 Å². The maximum Gasteiger partial charge on any atom is 0.109 e. The molecule has 1 aliphatic rings. The van der Waals surface area contributed by atoms with Gasteiger partial charge in [-0.05, 0) is 47.9 Å². The summed E-state index contributed by atoms with van der Waals surface area (Å²) < 4.78 is 1.93. The second kappa shape index (κ2) is 6.55. The zero-order valence-electron chi connectivity index (χ0n) is 14.0. The second-order valence-electron chi connectivity index (χ2n) is 7.17. The fraction of sp³-hybridized carbons (Fsp3) is 0.421. The van der Waals surface area contributed by atoms with Crippen LogP contribution in [0.4, 0.5) is 0 Å². The van der Waals surface area contributed by atoms with E-state index < -0.39 is 5.60 Å². The zero-order chi connectivity index (χ0) is 17.4. The van der Waals surface area contributed by atoms with Crippen LogP contribution in [-0.4, -0.2) is 20.3 Å². The topological polar surface area (TPSA) is 38.0 Å². The number of hydrogen-bond donors (Lipinski definition) is 1. The average molecular weight is 365 g/mol. The van der Waals surface area contributed by atoms with Crippen LogP contribution in [0.5, 0.6) is 0 Å². The Morgan fingerprint density at radius 3 is 2.79 bits per heavy atom. The predicted molar refractivity (Wildman–Crippen MR) is 99.2 cm³/mol. The summed E-state index contributed by atoms with van der Waals surface area (Å²) in [7, 11) is 0. The minimum Gasteiger partial charge on any atom is -0.383 e. The molecule has 0 bridgehead atoms. The van der Waals surface area contributed by atoms with Crippen LogP contribution in [0, 0.1) is 5.41 Å². The first kappa shape index (κ1) is 17.5. The van der Waals surface area contributed by atoms with Crippen LogP contribution in [0.2, 0.25) is 10.0 Å². The van der Waals surface area contributed by atoms with Gasteiger partial charge in [-0.25, -0.2) is 4.98 Å². The van der Waals surface area contributed by atoms with Crippen molar-refractivity contribution in [1.82, 2.24) is 9.55 Å². The van der Waals surface area contributed by atoms with Crippen LogP contribution in [0.15, 0.2) is 42.5 Å². The standard InChI is InChI=1S/C19H22Cl2N2O/c1-18(2)7-3-4-15(10-14-5-6-16(20)11-17(14)21)19(18,24)12-23-9-8-22-13-23/h5-6,8-11,13,24H,3-4,7,12H2,1-2H3/b15-10+/t19-/m0/s1. The van der Waals surface area contributed by atoms with Crippen molar-refractivity contribution in [3.63, 3.8) is 0 Å². The Hall–Kier alpha value is -1.29. The molecule has 1 N–H and O–H groups in total. The van der Waals surface area contributed by atoms with Crippen LogP contribution in [0.3, 0.4) is 0 Å². The number of nitrogens with zero attached hydrogens (tertiary/aromatic N) is 2. The maximum absolute atomic E-state index is 11.7. The third-order valence-electron chi connectivity index (χ3n) is 5.16. The Morgan fingerprint density at radius 1 is 1.33 bits per heavy atom. The molecule has 1 atom stereocenters. The third-order valence-corrected chi connectivity index (χ3v) is 5.72. The summed E-state index contributed by atoms with van der Waals surface area (Å²) in [5, 5.41) is 12.9. The Kier molecular flexibility index (Phi) is 4.78. The molecule has 1 aromatic heterocycles. The molecule has 1 aromatic carbocycles. The summed E-state index contributed by atoms with van der Waals surface area (Å²) in [6.07, 6.45) is 10.3. The van der Waals surface area contributed by atoms with E-state index in [0.717, 1.165) is 30.4 Å². The Balaban J connectivity index is 2.04. The van der Waals surface area contributed by atoms with Gasteiger partial charge in [0.25, 0.3) is 0 Å². The van der Waals surface area contributed by atoms with Crippen molar-refractivity contribution < 1.29 is 5.11 Å². The molecule has 5 heteroatoms. The number of hydrogen-bond acceptors (Lipinski definition) is 2. The lowest BCUT2D eigenvalue weighted by Crippen LogP contribution is -2.51. The van der Waals surface area contributed by atoms with E-state index in [2.05, 4.69) is 18.8 Å². The number of aromatic nitrogens is 2. The highest BCUT2D eigenvalue weighted by molar-refractivity contribution is 6.35. The van der Waals surface area contributed by atoms with Crippen molar-refractivity contribution >= 4 is 29.3 Å². The van der Waals surface area contributed by atoms with Gasteiger partial charge in [0.15, 0.2) is 0 Å². The van der Waals surface area contributed by atoms with Crippen molar-refractivity contribution in [2.75, 3.05) is 0 Å². The van der Waals surface area contributed by atoms with E-state index in [0.29, 0.717) is 16.6 Å². The van der Waals surface area contributed by atoms with Crippen LogP contribution >= 0.6 is 23.2 Å². The number of halogens is 2. The van der Waals surface area contributed by atoms with E-state index in [1.807, 2.05) is 29.0 Å². The molecule has 128 valence electrons. The Morgan fingerprint density at radius 2 is 2.12 bits per heavy atom. The molecule has 0 radical (unpaired) electrons. The highest BCUT2D eigenvalue weighted by atomic mass is 35.5. The van der Waals surface area contributed by atoms with E-state index in [-0.39, 0.29) is 5.41 Å². The molecule has 1 saturated carbocycles. The van der Waals surface area contributed by atoms with Crippen LogP contribution in [0.25, 0.3) is 6.08 Å². The fourth-order valence-electron chi connectivity index (χ4n) is 3.53. The molecule has 24 heavy (non-hydrogen) atoms. The average Bonchev–Trinajstić information content (AvgIpc) is 2.99. The lowest BCUT2D eigenvalue weighted by molar-refractivity contribution is -0.0670. The van der Waals surface area contributed by atoms with Gasteiger partial charge in [-0.1, -0.05) is 49.2 Å². The molecular weight excluding hydrogens is 343 g/mol. The molecule has 3 nitrogen and oxygen atoms in total. The molecular formula is C19H22Cl2N2O. The molecule has 1 heterocycles. The summed E-state index contributed by atoms with van der Waals surface area (Å²) in [5.41, 5.74) is 0.712. The van der Waals surface area contributed by atoms with Gasteiger partial charge in [0.05, 0.1) is 12.9 Å². The molecule has 0 aliphatic heterocycles. The minimum absolute atomic E-state index is 0.236. The first-order valence-corrected chi connectivity index (χ1v) is 8.92. The van der Waals surface area contributed by atoms with E-state index in [1.54, 1.807) is 18.6 Å². The highest BCUT2D eigenvalue weighted by Gasteiger charge is 2.48. The Bertz CT molecular complexity index is 753. The molecule has 2 aromatic rings.